The lowest BCUT2D eigenvalue weighted by Crippen LogP contribution is -2.00. The number of benzene rings is 2. The Labute approximate surface area is 165 Å². The molecular weight excluding hydrogens is 352 g/mol. The van der Waals surface area contributed by atoms with Crippen molar-refractivity contribution in [1.82, 2.24) is 14.9 Å². The maximum Gasteiger partial charge on any atom is 0.184 e. The Bertz CT molecular complexity index is 891. The van der Waals surface area contributed by atoms with Crippen molar-refractivity contribution in [3.05, 3.63) is 60.4 Å². The smallest absolute Gasteiger partial charge is 0.184 e. The molecule has 0 bridgehead atoms. The van der Waals surface area contributed by atoms with E-state index in [1.165, 1.54) is 19.3 Å². The molecule has 0 atom stereocenters. The van der Waals surface area contributed by atoms with Crippen molar-refractivity contribution in [3.63, 3.8) is 0 Å². The summed E-state index contributed by atoms with van der Waals surface area (Å²) >= 11 is 0. The monoisotopic (exact) mass is 378 g/mol. The van der Waals surface area contributed by atoms with Crippen LogP contribution in [0.1, 0.15) is 38.2 Å². The highest BCUT2D eigenvalue weighted by atomic mass is 16.5. The SMILES string of the molecule is CCCCCCOc1ccc(/C=N\n2cnnc2-c2ccccc2)cc1OC. The number of rotatable bonds is 10. The van der Waals surface area contributed by atoms with Gasteiger partial charge in [-0.15, -0.1) is 10.2 Å². The standard InChI is InChI=1S/C22H26N4O2/c1-3-4-5-9-14-28-20-13-12-18(15-21(20)27-2)16-24-26-17-23-25-22(26)19-10-7-6-8-11-19/h6-8,10-13,15-17H,3-5,9,14H2,1-2H3/b24-16-. The summed E-state index contributed by atoms with van der Waals surface area (Å²) < 4.78 is 13.0. The second-order valence-electron chi connectivity index (χ2n) is 6.43. The van der Waals surface area contributed by atoms with Crippen LogP contribution in [0.2, 0.25) is 0 Å². The summed E-state index contributed by atoms with van der Waals surface area (Å²) in [6.07, 6.45) is 8.04. The van der Waals surface area contributed by atoms with Crippen LogP contribution in [0.5, 0.6) is 11.5 Å². The van der Waals surface area contributed by atoms with E-state index in [4.69, 9.17) is 9.47 Å². The number of nitrogens with zero attached hydrogens (tertiary/aromatic N) is 4. The second-order valence-corrected chi connectivity index (χ2v) is 6.43. The molecule has 0 radical (unpaired) electrons. The number of aromatic nitrogens is 3. The van der Waals surface area contributed by atoms with Gasteiger partial charge in [0.05, 0.1) is 19.9 Å². The van der Waals surface area contributed by atoms with Gasteiger partial charge in [0, 0.05) is 5.56 Å². The third-order valence-electron chi connectivity index (χ3n) is 4.34. The molecule has 0 N–H and O–H groups in total. The first-order valence-electron chi connectivity index (χ1n) is 9.62. The average Bonchev–Trinajstić information content (AvgIpc) is 3.22. The molecule has 146 valence electrons. The van der Waals surface area contributed by atoms with E-state index in [0.717, 1.165) is 23.3 Å². The zero-order chi connectivity index (χ0) is 19.6. The second kappa shape index (κ2) is 10.3. The van der Waals surface area contributed by atoms with Crippen molar-refractivity contribution in [1.29, 1.82) is 0 Å². The van der Waals surface area contributed by atoms with Crippen molar-refractivity contribution in [2.75, 3.05) is 13.7 Å². The molecule has 0 saturated heterocycles. The average molecular weight is 378 g/mol. The van der Waals surface area contributed by atoms with E-state index in [2.05, 4.69) is 22.2 Å². The van der Waals surface area contributed by atoms with Gasteiger partial charge in [-0.2, -0.15) is 9.78 Å². The normalized spacial score (nSPS) is 11.1. The van der Waals surface area contributed by atoms with E-state index in [-0.39, 0.29) is 0 Å². The van der Waals surface area contributed by atoms with Crippen LogP contribution in [-0.4, -0.2) is 34.8 Å². The van der Waals surface area contributed by atoms with Gasteiger partial charge in [-0.1, -0.05) is 56.5 Å². The zero-order valence-electron chi connectivity index (χ0n) is 16.4. The van der Waals surface area contributed by atoms with E-state index >= 15 is 0 Å². The van der Waals surface area contributed by atoms with Crippen molar-refractivity contribution in [3.8, 4) is 22.9 Å². The van der Waals surface area contributed by atoms with Gasteiger partial charge in [0.1, 0.15) is 6.33 Å². The zero-order valence-corrected chi connectivity index (χ0v) is 16.4. The number of unbranched alkanes of at least 4 members (excludes halogenated alkanes) is 3. The van der Waals surface area contributed by atoms with Gasteiger partial charge in [0.25, 0.3) is 0 Å². The molecule has 6 heteroatoms. The highest BCUT2D eigenvalue weighted by molar-refractivity contribution is 5.81. The summed E-state index contributed by atoms with van der Waals surface area (Å²) in [5.74, 6) is 2.15. The minimum absolute atomic E-state index is 0.691. The van der Waals surface area contributed by atoms with Gasteiger partial charge in [0.15, 0.2) is 17.3 Å². The Morgan fingerprint density at radius 1 is 1.04 bits per heavy atom. The molecule has 0 aliphatic rings. The van der Waals surface area contributed by atoms with Crippen LogP contribution in [0.25, 0.3) is 11.4 Å². The maximum atomic E-state index is 5.86. The molecule has 0 saturated carbocycles. The van der Waals surface area contributed by atoms with Crippen molar-refractivity contribution < 1.29 is 9.47 Å². The number of ether oxygens (including phenoxy) is 2. The van der Waals surface area contributed by atoms with Crippen LogP contribution in [0.4, 0.5) is 0 Å². The van der Waals surface area contributed by atoms with Crippen LogP contribution in [0, 0.1) is 0 Å². The Morgan fingerprint density at radius 2 is 1.89 bits per heavy atom. The van der Waals surface area contributed by atoms with E-state index < -0.39 is 0 Å². The quantitative estimate of drug-likeness (QED) is 0.376. The lowest BCUT2D eigenvalue weighted by molar-refractivity contribution is 0.285. The van der Waals surface area contributed by atoms with Crippen LogP contribution < -0.4 is 9.47 Å². The molecule has 1 heterocycles. The van der Waals surface area contributed by atoms with Gasteiger partial charge < -0.3 is 9.47 Å². The molecular formula is C22H26N4O2. The minimum atomic E-state index is 0.691. The van der Waals surface area contributed by atoms with E-state index in [1.807, 2.05) is 48.5 Å². The summed E-state index contributed by atoms with van der Waals surface area (Å²) in [5, 5.41) is 12.6. The topological polar surface area (TPSA) is 61.5 Å². The van der Waals surface area contributed by atoms with E-state index in [0.29, 0.717) is 18.2 Å². The molecule has 0 amide bonds. The summed E-state index contributed by atoms with van der Waals surface area (Å²) in [4.78, 5) is 0. The predicted molar refractivity (Wildman–Crippen MR) is 111 cm³/mol. The number of hydrogen-bond donors (Lipinski definition) is 0. The fraction of sp³-hybridized carbons (Fsp3) is 0.318. The lowest BCUT2D eigenvalue weighted by atomic mass is 10.2. The summed E-state index contributed by atoms with van der Waals surface area (Å²) in [6.45, 7) is 2.90. The molecule has 6 nitrogen and oxygen atoms in total. The summed E-state index contributed by atoms with van der Waals surface area (Å²) in [7, 11) is 1.65. The molecule has 3 rings (SSSR count). The number of hydrogen-bond acceptors (Lipinski definition) is 5. The van der Waals surface area contributed by atoms with Crippen LogP contribution in [0.3, 0.4) is 0 Å². The summed E-state index contributed by atoms with van der Waals surface area (Å²) in [5.41, 5.74) is 1.87. The Kier molecular flexibility index (Phi) is 7.18. The molecule has 0 unspecified atom stereocenters. The van der Waals surface area contributed by atoms with Crippen LogP contribution in [0.15, 0.2) is 60.0 Å². The van der Waals surface area contributed by atoms with Crippen molar-refractivity contribution >= 4 is 6.21 Å². The molecule has 28 heavy (non-hydrogen) atoms. The van der Waals surface area contributed by atoms with Gasteiger partial charge in [-0.25, -0.2) is 0 Å². The van der Waals surface area contributed by atoms with Crippen molar-refractivity contribution in [2.24, 2.45) is 5.10 Å². The molecule has 0 aliphatic heterocycles. The lowest BCUT2D eigenvalue weighted by Gasteiger charge is -2.11. The maximum absolute atomic E-state index is 5.86. The van der Waals surface area contributed by atoms with E-state index in [9.17, 15) is 0 Å². The van der Waals surface area contributed by atoms with Crippen LogP contribution >= 0.6 is 0 Å². The molecule has 0 spiro atoms. The fourth-order valence-corrected chi connectivity index (χ4v) is 2.82. The number of methoxy groups -OCH3 is 1. The third kappa shape index (κ3) is 5.19. The van der Waals surface area contributed by atoms with Gasteiger partial charge >= 0.3 is 0 Å². The van der Waals surface area contributed by atoms with Gasteiger partial charge in [-0.3, -0.25) is 0 Å². The Balaban J connectivity index is 1.69. The third-order valence-corrected chi connectivity index (χ3v) is 4.34. The van der Waals surface area contributed by atoms with E-state index in [1.54, 1.807) is 24.3 Å². The van der Waals surface area contributed by atoms with Gasteiger partial charge in [0.2, 0.25) is 0 Å². The minimum Gasteiger partial charge on any atom is -0.493 e. The fourth-order valence-electron chi connectivity index (χ4n) is 2.82. The highest BCUT2D eigenvalue weighted by Crippen LogP contribution is 2.28. The highest BCUT2D eigenvalue weighted by Gasteiger charge is 2.07. The summed E-state index contributed by atoms with van der Waals surface area (Å²) in [6, 6.07) is 15.6. The Morgan fingerprint density at radius 3 is 2.68 bits per heavy atom. The van der Waals surface area contributed by atoms with Crippen molar-refractivity contribution in [2.45, 2.75) is 32.6 Å². The molecule has 2 aromatic carbocycles. The molecule has 3 aromatic rings. The first-order valence-corrected chi connectivity index (χ1v) is 9.62. The molecule has 1 aromatic heterocycles. The van der Waals surface area contributed by atoms with Crippen LogP contribution in [-0.2, 0) is 0 Å². The molecule has 0 fully saturated rings. The van der Waals surface area contributed by atoms with Gasteiger partial charge in [-0.05, 0) is 30.2 Å². The molecule has 0 aliphatic carbocycles. The first kappa shape index (κ1) is 19.6. The largest absolute Gasteiger partial charge is 0.493 e. The Hall–Kier alpha value is -3.15. The predicted octanol–water partition coefficient (Wildman–Crippen LogP) is 4.80. The first-order chi connectivity index (χ1) is 13.8.